The first-order valence-corrected chi connectivity index (χ1v) is 10.7. The molecule has 0 saturated carbocycles. The minimum Gasteiger partial charge on any atom is -0.379 e. The number of nitro benzene ring substituents is 1. The summed E-state index contributed by atoms with van der Waals surface area (Å²) in [6.07, 6.45) is 1.03. The van der Waals surface area contributed by atoms with E-state index < -0.39 is 14.8 Å². The van der Waals surface area contributed by atoms with E-state index in [2.05, 4.69) is 10.3 Å². The van der Waals surface area contributed by atoms with Gasteiger partial charge in [-0.1, -0.05) is 30.3 Å². The molecule has 0 saturated heterocycles. The van der Waals surface area contributed by atoms with Gasteiger partial charge < -0.3 is 5.32 Å². The third-order valence-electron chi connectivity index (χ3n) is 3.93. The van der Waals surface area contributed by atoms with E-state index in [1.807, 2.05) is 37.3 Å². The van der Waals surface area contributed by atoms with E-state index in [0.717, 1.165) is 33.5 Å². The van der Waals surface area contributed by atoms with Gasteiger partial charge in [-0.15, -0.1) is 11.3 Å². The molecule has 1 N–H and O–H groups in total. The Morgan fingerprint density at radius 2 is 1.89 bits per heavy atom. The summed E-state index contributed by atoms with van der Waals surface area (Å²) in [5.41, 5.74) is 1.94. The maximum Gasteiger partial charge on any atom is 0.270 e. The van der Waals surface area contributed by atoms with E-state index in [-0.39, 0.29) is 10.6 Å². The maximum atomic E-state index is 12.0. The number of nitro groups is 1. The molecule has 7 nitrogen and oxygen atoms in total. The second-order valence-electron chi connectivity index (χ2n) is 5.96. The van der Waals surface area contributed by atoms with Gasteiger partial charge in [-0.2, -0.15) is 0 Å². The Hall–Kier alpha value is -2.78. The largest absolute Gasteiger partial charge is 0.379 e. The fourth-order valence-corrected chi connectivity index (χ4v) is 4.43. The van der Waals surface area contributed by atoms with Crippen molar-refractivity contribution in [2.24, 2.45) is 0 Å². The van der Waals surface area contributed by atoms with Gasteiger partial charge in [0.15, 0.2) is 9.84 Å². The van der Waals surface area contributed by atoms with Crippen LogP contribution < -0.4 is 5.32 Å². The third kappa shape index (κ3) is 4.32. The van der Waals surface area contributed by atoms with Gasteiger partial charge >= 0.3 is 0 Å². The molecule has 0 amide bonds. The van der Waals surface area contributed by atoms with Crippen molar-refractivity contribution in [3.05, 3.63) is 69.2 Å². The van der Waals surface area contributed by atoms with Gasteiger partial charge in [0.05, 0.1) is 27.7 Å². The number of nitrogens with zero attached hydrogens (tertiary/aromatic N) is 2. The van der Waals surface area contributed by atoms with Crippen LogP contribution in [0.3, 0.4) is 0 Å². The first kappa shape index (κ1) is 19.0. The number of sulfone groups is 1. The van der Waals surface area contributed by atoms with E-state index in [1.165, 1.54) is 23.5 Å². The molecular formula is C18H17N3O4S2. The van der Waals surface area contributed by atoms with E-state index in [0.29, 0.717) is 12.2 Å². The van der Waals surface area contributed by atoms with Crippen LogP contribution in [0.2, 0.25) is 0 Å². The van der Waals surface area contributed by atoms with Gasteiger partial charge in [-0.05, 0) is 13.0 Å². The summed E-state index contributed by atoms with van der Waals surface area (Å²) >= 11 is 1.52. The molecule has 0 aliphatic heterocycles. The van der Waals surface area contributed by atoms with Crippen molar-refractivity contribution in [1.82, 2.24) is 4.98 Å². The monoisotopic (exact) mass is 403 g/mol. The van der Waals surface area contributed by atoms with Crippen LogP contribution in [0.15, 0.2) is 53.4 Å². The third-order valence-corrected chi connectivity index (χ3v) is 6.27. The molecule has 0 atom stereocenters. The van der Waals surface area contributed by atoms with Crippen molar-refractivity contribution in [2.45, 2.75) is 18.4 Å². The Morgan fingerprint density at radius 3 is 2.52 bits per heavy atom. The molecule has 9 heteroatoms. The van der Waals surface area contributed by atoms with Crippen LogP contribution in [-0.4, -0.2) is 24.6 Å². The molecule has 3 aromatic rings. The van der Waals surface area contributed by atoms with Gasteiger partial charge in [-0.3, -0.25) is 10.1 Å². The minimum absolute atomic E-state index is 0.0952. The average Bonchev–Trinajstić information content (AvgIpc) is 3.00. The van der Waals surface area contributed by atoms with Crippen LogP contribution in [0.4, 0.5) is 11.4 Å². The highest BCUT2D eigenvalue weighted by molar-refractivity contribution is 7.90. The Labute approximate surface area is 160 Å². The Kier molecular flexibility index (Phi) is 5.24. The summed E-state index contributed by atoms with van der Waals surface area (Å²) in [6, 6.07) is 13.6. The molecule has 0 radical (unpaired) electrons. The molecule has 0 unspecified atom stereocenters. The normalized spacial score (nSPS) is 11.3. The van der Waals surface area contributed by atoms with Crippen LogP contribution >= 0.6 is 11.3 Å². The van der Waals surface area contributed by atoms with Crippen LogP contribution in [0.5, 0.6) is 0 Å². The summed E-state index contributed by atoms with van der Waals surface area (Å²) in [6.45, 7) is 2.27. The fourth-order valence-electron chi connectivity index (χ4n) is 2.55. The number of aryl methyl sites for hydroxylation is 1. The number of nitrogens with one attached hydrogen (secondary N) is 1. The lowest BCUT2D eigenvalue weighted by Gasteiger charge is -2.10. The molecule has 0 fully saturated rings. The van der Waals surface area contributed by atoms with Gasteiger partial charge in [-0.25, -0.2) is 13.4 Å². The zero-order valence-corrected chi connectivity index (χ0v) is 16.3. The van der Waals surface area contributed by atoms with Crippen molar-refractivity contribution in [3.8, 4) is 10.6 Å². The summed E-state index contributed by atoms with van der Waals surface area (Å²) in [4.78, 5) is 15.8. The molecule has 0 aliphatic rings. The number of aromatic nitrogens is 1. The van der Waals surface area contributed by atoms with Gasteiger partial charge in [0.25, 0.3) is 5.69 Å². The first-order chi connectivity index (χ1) is 12.8. The lowest BCUT2D eigenvalue weighted by molar-refractivity contribution is -0.385. The zero-order chi connectivity index (χ0) is 19.6. The Bertz CT molecular complexity index is 1090. The molecule has 2 aromatic carbocycles. The van der Waals surface area contributed by atoms with E-state index in [9.17, 15) is 18.5 Å². The highest BCUT2D eigenvalue weighted by atomic mass is 32.2. The highest BCUT2D eigenvalue weighted by Gasteiger charge is 2.19. The van der Waals surface area contributed by atoms with Gasteiger partial charge in [0.1, 0.15) is 5.01 Å². The number of thiazole rings is 1. The smallest absolute Gasteiger partial charge is 0.270 e. The van der Waals surface area contributed by atoms with Crippen molar-refractivity contribution in [3.63, 3.8) is 0 Å². The van der Waals surface area contributed by atoms with Crippen molar-refractivity contribution in [1.29, 1.82) is 0 Å². The topological polar surface area (TPSA) is 102 Å². The molecular weight excluding hydrogens is 386 g/mol. The predicted octanol–water partition coefficient (Wildman–Crippen LogP) is 4.04. The van der Waals surface area contributed by atoms with Crippen LogP contribution in [-0.2, 0) is 16.4 Å². The van der Waals surface area contributed by atoms with E-state index >= 15 is 0 Å². The van der Waals surface area contributed by atoms with Crippen LogP contribution in [0, 0.1) is 17.0 Å². The number of anilines is 1. The first-order valence-electron chi connectivity index (χ1n) is 8.00. The summed E-state index contributed by atoms with van der Waals surface area (Å²) in [7, 11) is -3.62. The van der Waals surface area contributed by atoms with Gasteiger partial charge in [0, 0.05) is 28.8 Å². The predicted molar refractivity (Wildman–Crippen MR) is 106 cm³/mol. The number of benzene rings is 2. The number of hydrogen-bond acceptors (Lipinski definition) is 7. The van der Waals surface area contributed by atoms with E-state index in [1.54, 1.807) is 0 Å². The minimum atomic E-state index is -3.62. The van der Waals surface area contributed by atoms with E-state index in [4.69, 9.17) is 0 Å². The summed E-state index contributed by atoms with van der Waals surface area (Å²) < 4.78 is 24.0. The molecule has 1 aromatic heterocycles. The second-order valence-corrected chi connectivity index (χ2v) is 9.02. The fraction of sp³-hybridized carbons (Fsp3) is 0.167. The molecule has 27 heavy (non-hydrogen) atoms. The molecule has 0 bridgehead atoms. The number of hydrogen-bond donors (Lipinski definition) is 1. The van der Waals surface area contributed by atoms with Crippen LogP contribution in [0.1, 0.15) is 10.6 Å². The van der Waals surface area contributed by atoms with Crippen molar-refractivity contribution in [2.75, 3.05) is 11.6 Å². The Balaban J connectivity index is 1.87. The second kappa shape index (κ2) is 7.45. The van der Waals surface area contributed by atoms with Gasteiger partial charge in [0.2, 0.25) is 0 Å². The SMILES string of the molecule is Cc1nc(-c2ccccc2)sc1CNc1ccc([N+](=O)[O-])cc1S(C)(=O)=O. The molecule has 0 spiro atoms. The lowest BCUT2D eigenvalue weighted by atomic mass is 10.2. The van der Waals surface area contributed by atoms with Crippen molar-refractivity contribution < 1.29 is 13.3 Å². The quantitative estimate of drug-likeness (QED) is 0.492. The summed E-state index contributed by atoms with van der Waals surface area (Å²) in [5.74, 6) is 0. The lowest BCUT2D eigenvalue weighted by Crippen LogP contribution is -2.07. The van der Waals surface area contributed by atoms with Crippen LogP contribution in [0.25, 0.3) is 10.6 Å². The average molecular weight is 403 g/mol. The molecule has 0 aliphatic carbocycles. The zero-order valence-electron chi connectivity index (χ0n) is 14.7. The maximum absolute atomic E-state index is 12.0. The molecule has 140 valence electrons. The summed E-state index contributed by atoms with van der Waals surface area (Å²) in [5, 5.41) is 14.9. The standard InChI is InChI=1S/C18H17N3O4S2/c1-12-16(26-18(20-12)13-6-4-3-5-7-13)11-19-15-9-8-14(21(22)23)10-17(15)27(2,24)25/h3-10,19H,11H2,1-2H3. The molecule has 3 rings (SSSR count). The Morgan fingerprint density at radius 1 is 1.19 bits per heavy atom. The number of rotatable bonds is 6. The van der Waals surface area contributed by atoms with Crippen molar-refractivity contribution >= 4 is 32.5 Å². The highest BCUT2D eigenvalue weighted by Crippen LogP contribution is 2.30. The molecule has 1 heterocycles. The number of non-ortho nitro benzene ring substituents is 1.